The van der Waals surface area contributed by atoms with Crippen molar-refractivity contribution < 1.29 is 14.7 Å². The molecule has 0 aliphatic carbocycles. The van der Waals surface area contributed by atoms with E-state index in [2.05, 4.69) is 10.4 Å². The third-order valence-corrected chi connectivity index (χ3v) is 4.09. The summed E-state index contributed by atoms with van der Waals surface area (Å²) in [5.41, 5.74) is 0.886. The number of carbonyl (C=O) groups excluding carboxylic acids is 1. The van der Waals surface area contributed by atoms with E-state index in [4.69, 9.17) is 0 Å². The zero-order valence-electron chi connectivity index (χ0n) is 13.5. The number of benzene rings is 1. The van der Waals surface area contributed by atoms with Gasteiger partial charge in [0.15, 0.2) is 0 Å². The highest BCUT2D eigenvalue weighted by Gasteiger charge is 2.33. The van der Waals surface area contributed by atoms with Gasteiger partial charge in [-0.25, -0.2) is 4.79 Å². The molecule has 122 valence electrons. The van der Waals surface area contributed by atoms with Gasteiger partial charge in [0.2, 0.25) is 0 Å². The molecule has 1 aromatic carbocycles. The number of rotatable bonds is 6. The number of nitrogens with zero attached hydrogens (tertiary/aromatic N) is 2. The fourth-order valence-corrected chi connectivity index (χ4v) is 2.20. The maximum Gasteiger partial charge on any atom is 0.329 e. The highest BCUT2D eigenvalue weighted by molar-refractivity contribution is 5.98. The molecule has 1 amide bonds. The monoisotopic (exact) mass is 315 g/mol. The first-order chi connectivity index (χ1) is 10.9. The minimum Gasteiger partial charge on any atom is -0.480 e. The molecular weight excluding hydrogens is 294 g/mol. The lowest BCUT2D eigenvalue weighted by atomic mass is 9.98. The molecule has 0 radical (unpaired) electrons. The van der Waals surface area contributed by atoms with E-state index in [9.17, 15) is 14.7 Å². The van der Waals surface area contributed by atoms with Crippen LogP contribution in [0, 0.1) is 6.92 Å². The number of aliphatic carboxylic acids is 1. The van der Waals surface area contributed by atoms with Crippen LogP contribution in [0.3, 0.4) is 0 Å². The average Bonchev–Trinajstić information content (AvgIpc) is 2.89. The van der Waals surface area contributed by atoms with Crippen molar-refractivity contribution in [2.45, 2.75) is 39.3 Å². The second-order valence-electron chi connectivity index (χ2n) is 5.73. The van der Waals surface area contributed by atoms with E-state index < -0.39 is 17.4 Å². The van der Waals surface area contributed by atoms with Crippen molar-refractivity contribution in [1.29, 1.82) is 0 Å². The van der Waals surface area contributed by atoms with Crippen molar-refractivity contribution in [1.82, 2.24) is 15.1 Å². The lowest BCUT2D eigenvalue weighted by Crippen LogP contribution is -2.51. The van der Waals surface area contributed by atoms with Crippen molar-refractivity contribution in [3.63, 3.8) is 0 Å². The second-order valence-corrected chi connectivity index (χ2v) is 5.73. The predicted molar refractivity (Wildman–Crippen MR) is 86.3 cm³/mol. The van der Waals surface area contributed by atoms with E-state index in [0.717, 1.165) is 5.56 Å². The second kappa shape index (κ2) is 6.64. The van der Waals surface area contributed by atoms with Crippen LogP contribution in [0.4, 0.5) is 0 Å². The Morgan fingerprint density at radius 1 is 1.30 bits per heavy atom. The Morgan fingerprint density at radius 3 is 2.52 bits per heavy atom. The summed E-state index contributed by atoms with van der Waals surface area (Å²) in [4.78, 5) is 23.7. The van der Waals surface area contributed by atoms with Crippen LogP contribution in [0.2, 0.25) is 0 Å². The molecule has 2 rings (SSSR count). The summed E-state index contributed by atoms with van der Waals surface area (Å²) < 4.78 is 1.73. The third-order valence-electron chi connectivity index (χ3n) is 4.09. The Kier molecular flexibility index (Phi) is 4.83. The minimum absolute atomic E-state index is 0.297. The van der Waals surface area contributed by atoms with Gasteiger partial charge in [0, 0.05) is 5.69 Å². The number of carboxylic acids is 1. The summed E-state index contributed by atoms with van der Waals surface area (Å²) >= 11 is 0. The molecule has 23 heavy (non-hydrogen) atoms. The maximum absolute atomic E-state index is 12.4. The molecule has 0 bridgehead atoms. The van der Waals surface area contributed by atoms with Crippen LogP contribution in [0.15, 0.2) is 36.5 Å². The van der Waals surface area contributed by atoms with Gasteiger partial charge in [-0.2, -0.15) is 5.10 Å². The highest BCUT2D eigenvalue weighted by Crippen LogP contribution is 2.14. The van der Waals surface area contributed by atoms with E-state index in [1.54, 1.807) is 18.5 Å². The zero-order chi connectivity index (χ0) is 17.0. The molecule has 0 saturated carbocycles. The third kappa shape index (κ3) is 3.59. The molecule has 0 aliphatic rings. The molecule has 0 saturated heterocycles. The molecule has 6 heteroatoms. The average molecular weight is 315 g/mol. The number of carboxylic acid groups (broad SMARTS) is 1. The first-order valence-corrected chi connectivity index (χ1v) is 7.49. The fraction of sp³-hybridized carbons (Fsp3) is 0.353. The predicted octanol–water partition coefficient (Wildman–Crippen LogP) is 2.22. The lowest BCUT2D eigenvalue weighted by molar-refractivity contribution is -0.143. The van der Waals surface area contributed by atoms with Gasteiger partial charge in [0.05, 0.1) is 18.3 Å². The van der Waals surface area contributed by atoms with Crippen molar-refractivity contribution >= 4 is 11.9 Å². The van der Waals surface area contributed by atoms with E-state index in [0.29, 0.717) is 24.2 Å². The number of amides is 1. The van der Waals surface area contributed by atoms with Crippen LogP contribution in [0.25, 0.3) is 0 Å². The van der Waals surface area contributed by atoms with Crippen molar-refractivity contribution in [3.8, 4) is 0 Å². The summed E-state index contributed by atoms with van der Waals surface area (Å²) in [5.74, 6) is -1.48. The van der Waals surface area contributed by atoms with Crippen molar-refractivity contribution in [2.75, 3.05) is 0 Å². The molecule has 1 aromatic heterocycles. The van der Waals surface area contributed by atoms with Crippen LogP contribution < -0.4 is 5.32 Å². The SMILES string of the molecule is CCC(C)(NC(=O)c1cnn(Cc2ccccc2)c1C)C(=O)O. The van der Waals surface area contributed by atoms with Gasteiger partial charge in [-0.05, 0) is 25.8 Å². The van der Waals surface area contributed by atoms with Crippen LogP contribution in [-0.4, -0.2) is 32.3 Å². The summed E-state index contributed by atoms with van der Waals surface area (Å²) in [7, 11) is 0. The molecule has 0 fully saturated rings. The number of nitrogens with one attached hydrogen (secondary N) is 1. The smallest absolute Gasteiger partial charge is 0.329 e. The summed E-state index contributed by atoms with van der Waals surface area (Å²) in [6.07, 6.45) is 1.77. The Labute approximate surface area is 135 Å². The van der Waals surface area contributed by atoms with E-state index in [1.807, 2.05) is 30.3 Å². The Hall–Kier alpha value is -2.63. The largest absolute Gasteiger partial charge is 0.480 e. The van der Waals surface area contributed by atoms with Crippen LogP contribution >= 0.6 is 0 Å². The zero-order valence-corrected chi connectivity index (χ0v) is 13.5. The van der Waals surface area contributed by atoms with Gasteiger partial charge in [0.1, 0.15) is 5.54 Å². The van der Waals surface area contributed by atoms with Crippen LogP contribution in [0.1, 0.15) is 41.9 Å². The first-order valence-electron chi connectivity index (χ1n) is 7.49. The molecule has 2 N–H and O–H groups in total. The van der Waals surface area contributed by atoms with Crippen molar-refractivity contribution in [2.24, 2.45) is 0 Å². The minimum atomic E-state index is -1.29. The fourth-order valence-electron chi connectivity index (χ4n) is 2.20. The van der Waals surface area contributed by atoms with E-state index in [-0.39, 0.29) is 0 Å². The first kappa shape index (κ1) is 16.7. The van der Waals surface area contributed by atoms with Gasteiger partial charge in [-0.15, -0.1) is 0 Å². The molecule has 6 nitrogen and oxygen atoms in total. The number of carbonyl (C=O) groups is 2. The molecule has 1 unspecified atom stereocenters. The van der Waals surface area contributed by atoms with Gasteiger partial charge < -0.3 is 10.4 Å². The summed E-state index contributed by atoms with van der Waals surface area (Å²) in [6, 6.07) is 9.80. The Balaban J connectivity index is 2.18. The van der Waals surface area contributed by atoms with E-state index in [1.165, 1.54) is 13.1 Å². The van der Waals surface area contributed by atoms with Gasteiger partial charge in [-0.3, -0.25) is 9.48 Å². The molecule has 2 aromatic rings. The summed E-state index contributed by atoms with van der Waals surface area (Å²) in [6.45, 7) is 5.58. The molecule has 0 aliphatic heterocycles. The molecular formula is C17H21N3O3. The standard InChI is InChI=1S/C17H21N3O3/c1-4-17(3,16(22)23)19-15(21)14-10-18-20(12(14)2)11-13-8-6-5-7-9-13/h5-10H,4,11H2,1-3H3,(H,19,21)(H,22,23). The summed E-state index contributed by atoms with van der Waals surface area (Å²) in [5, 5.41) is 16.1. The highest BCUT2D eigenvalue weighted by atomic mass is 16.4. The molecule has 1 heterocycles. The van der Waals surface area contributed by atoms with E-state index >= 15 is 0 Å². The van der Waals surface area contributed by atoms with Gasteiger partial charge >= 0.3 is 5.97 Å². The number of hydrogen-bond donors (Lipinski definition) is 2. The van der Waals surface area contributed by atoms with Gasteiger partial charge in [-0.1, -0.05) is 37.3 Å². The lowest BCUT2D eigenvalue weighted by Gasteiger charge is -2.24. The van der Waals surface area contributed by atoms with Crippen LogP contribution in [-0.2, 0) is 11.3 Å². The maximum atomic E-state index is 12.4. The molecule has 0 spiro atoms. The number of aromatic nitrogens is 2. The topological polar surface area (TPSA) is 84.2 Å². The quantitative estimate of drug-likeness (QED) is 0.856. The Bertz CT molecular complexity index is 709. The van der Waals surface area contributed by atoms with Gasteiger partial charge in [0.25, 0.3) is 5.91 Å². The van der Waals surface area contributed by atoms with Crippen LogP contribution in [0.5, 0.6) is 0 Å². The Morgan fingerprint density at radius 2 is 1.96 bits per heavy atom. The number of hydrogen-bond acceptors (Lipinski definition) is 3. The molecule has 1 atom stereocenters. The normalized spacial score (nSPS) is 13.3. The van der Waals surface area contributed by atoms with Crippen molar-refractivity contribution in [3.05, 3.63) is 53.3 Å².